The molecule has 1 heterocycles. The van der Waals surface area contributed by atoms with Crippen molar-refractivity contribution in [2.24, 2.45) is 0 Å². The molecule has 0 spiro atoms. The fraction of sp³-hybridized carbons (Fsp3) is 0.250. The van der Waals surface area contributed by atoms with Gasteiger partial charge in [0.1, 0.15) is 11.8 Å². The first-order chi connectivity index (χ1) is 9.93. The lowest BCUT2D eigenvalue weighted by Crippen LogP contribution is -2.16. The smallest absolute Gasteiger partial charge is 0.356 e. The zero-order valence-corrected chi connectivity index (χ0v) is 12.5. The van der Waals surface area contributed by atoms with Gasteiger partial charge in [-0.15, -0.1) is 0 Å². The second kappa shape index (κ2) is 5.71. The molecule has 0 aliphatic carbocycles. The standard InChI is InChI=1S/C16H17N3O2/c1-18(2)12-7-5-11(6-8-12)15-9-14(19(3)4)13(10-17)16(20)21-15/h5-9H,1-4H3. The van der Waals surface area contributed by atoms with Crippen molar-refractivity contribution in [1.82, 2.24) is 0 Å². The van der Waals surface area contributed by atoms with Crippen LogP contribution in [0.2, 0.25) is 0 Å². The Labute approximate surface area is 123 Å². The van der Waals surface area contributed by atoms with E-state index in [-0.39, 0.29) is 5.56 Å². The van der Waals surface area contributed by atoms with E-state index in [0.29, 0.717) is 11.4 Å². The minimum atomic E-state index is -0.615. The summed E-state index contributed by atoms with van der Waals surface area (Å²) < 4.78 is 5.26. The molecule has 1 aromatic heterocycles. The Morgan fingerprint density at radius 3 is 2.14 bits per heavy atom. The highest BCUT2D eigenvalue weighted by Crippen LogP contribution is 2.26. The third kappa shape index (κ3) is 2.90. The van der Waals surface area contributed by atoms with Crippen LogP contribution in [0, 0.1) is 11.3 Å². The Bertz CT molecular complexity index is 738. The predicted molar refractivity (Wildman–Crippen MR) is 83.8 cm³/mol. The van der Waals surface area contributed by atoms with Crippen LogP contribution in [0.4, 0.5) is 11.4 Å². The largest absolute Gasteiger partial charge is 0.422 e. The lowest BCUT2D eigenvalue weighted by atomic mass is 10.1. The van der Waals surface area contributed by atoms with E-state index in [1.54, 1.807) is 25.1 Å². The molecule has 0 saturated heterocycles. The molecule has 0 aliphatic heterocycles. The first-order valence-corrected chi connectivity index (χ1v) is 6.47. The average Bonchev–Trinajstić information content (AvgIpc) is 2.46. The molecule has 5 nitrogen and oxygen atoms in total. The van der Waals surface area contributed by atoms with E-state index in [4.69, 9.17) is 9.68 Å². The van der Waals surface area contributed by atoms with Crippen molar-refractivity contribution >= 4 is 11.4 Å². The highest BCUT2D eigenvalue weighted by molar-refractivity contribution is 5.68. The summed E-state index contributed by atoms with van der Waals surface area (Å²) in [6.45, 7) is 0. The molecule has 21 heavy (non-hydrogen) atoms. The Hall–Kier alpha value is -2.74. The van der Waals surface area contributed by atoms with Crippen molar-refractivity contribution < 1.29 is 4.42 Å². The van der Waals surface area contributed by atoms with Gasteiger partial charge in [-0.1, -0.05) is 0 Å². The molecule has 0 atom stereocenters. The third-order valence-electron chi connectivity index (χ3n) is 3.19. The topological polar surface area (TPSA) is 60.5 Å². The zero-order valence-electron chi connectivity index (χ0n) is 12.5. The number of nitrogens with zero attached hydrogens (tertiary/aromatic N) is 3. The van der Waals surface area contributed by atoms with Crippen LogP contribution in [-0.2, 0) is 0 Å². The highest BCUT2D eigenvalue weighted by atomic mass is 16.4. The van der Waals surface area contributed by atoms with Gasteiger partial charge in [-0.3, -0.25) is 0 Å². The lowest BCUT2D eigenvalue weighted by Gasteiger charge is -2.15. The third-order valence-corrected chi connectivity index (χ3v) is 3.19. The maximum atomic E-state index is 11.9. The van der Waals surface area contributed by atoms with Crippen LogP contribution < -0.4 is 15.4 Å². The molecule has 0 saturated carbocycles. The van der Waals surface area contributed by atoms with Crippen molar-refractivity contribution in [3.8, 4) is 17.4 Å². The van der Waals surface area contributed by atoms with Crippen LogP contribution >= 0.6 is 0 Å². The summed E-state index contributed by atoms with van der Waals surface area (Å²) in [5.74, 6) is 0.452. The Balaban J connectivity index is 2.55. The fourth-order valence-electron chi connectivity index (χ4n) is 2.00. The van der Waals surface area contributed by atoms with Crippen LogP contribution in [0.5, 0.6) is 0 Å². The summed E-state index contributed by atoms with van der Waals surface area (Å²) in [5.41, 5.74) is 1.82. The first kappa shape index (κ1) is 14.7. The zero-order chi connectivity index (χ0) is 15.6. The summed E-state index contributed by atoms with van der Waals surface area (Å²) in [4.78, 5) is 15.6. The van der Waals surface area contributed by atoms with Gasteiger partial charge in [0.25, 0.3) is 0 Å². The van der Waals surface area contributed by atoms with E-state index in [1.807, 2.05) is 49.3 Å². The van der Waals surface area contributed by atoms with Crippen LogP contribution in [-0.4, -0.2) is 28.2 Å². The minimum absolute atomic E-state index is 0.0219. The molecule has 1 aromatic carbocycles. The Morgan fingerprint density at radius 2 is 1.67 bits per heavy atom. The molecule has 108 valence electrons. The van der Waals surface area contributed by atoms with Gasteiger partial charge in [-0.25, -0.2) is 4.79 Å². The number of anilines is 2. The van der Waals surface area contributed by atoms with Crippen molar-refractivity contribution in [3.05, 3.63) is 46.3 Å². The Morgan fingerprint density at radius 1 is 1.05 bits per heavy atom. The first-order valence-electron chi connectivity index (χ1n) is 6.47. The van der Waals surface area contributed by atoms with Crippen LogP contribution in [0.3, 0.4) is 0 Å². The number of hydrogen-bond donors (Lipinski definition) is 0. The average molecular weight is 283 g/mol. The monoisotopic (exact) mass is 283 g/mol. The quantitative estimate of drug-likeness (QED) is 0.865. The van der Waals surface area contributed by atoms with Crippen molar-refractivity contribution in [2.45, 2.75) is 0 Å². The van der Waals surface area contributed by atoms with Gasteiger partial charge in [0.15, 0.2) is 5.56 Å². The van der Waals surface area contributed by atoms with E-state index in [0.717, 1.165) is 11.3 Å². The number of rotatable bonds is 3. The van der Waals surface area contributed by atoms with Gasteiger partial charge >= 0.3 is 5.63 Å². The van der Waals surface area contributed by atoms with Crippen LogP contribution in [0.15, 0.2) is 39.5 Å². The number of nitriles is 1. The molecule has 5 heteroatoms. The summed E-state index contributed by atoms with van der Waals surface area (Å²) in [5, 5.41) is 9.06. The van der Waals surface area contributed by atoms with Gasteiger partial charge in [0.2, 0.25) is 0 Å². The van der Waals surface area contributed by atoms with Gasteiger partial charge in [-0.2, -0.15) is 5.26 Å². The molecule has 0 fully saturated rings. The second-order valence-electron chi connectivity index (χ2n) is 5.11. The fourth-order valence-corrected chi connectivity index (χ4v) is 2.00. The number of benzene rings is 1. The summed E-state index contributed by atoms with van der Waals surface area (Å²) in [6.07, 6.45) is 0. The van der Waals surface area contributed by atoms with Crippen LogP contribution in [0.25, 0.3) is 11.3 Å². The van der Waals surface area contributed by atoms with Gasteiger partial charge < -0.3 is 14.2 Å². The van der Waals surface area contributed by atoms with E-state index in [2.05, 4.69) is 0 Å². The van der Waals surface area contributed by atoms with Crippen LogP contribution in [0.1, 0.15) is 5.56 Å². The molecular weight excluding hydrogens is 266 g/mol. The van der Waals surface area contributed by atoms with Gasteiger partial charge in [-0.05, 0) is 24.3 Å². The van der Waals surface area contributed by atoms with Crippen molar-refractivity contribution in [2.75, 3.05) is 38.0 Å². The molecule has 0 bridgehead atoms. The molecule has 0 radical (unpaired) electrons. The van der Waals surface area contributed by atoms with Crippen molar-refractivity contribution in [1.29, 1.82) is 5.26 Å². The van der Waals surface area contributed by atoms with E-state index >= 15 is 0 Å². The normalized spacial score (nSPS) is 10.0. The predicted octanol–water partition coefficient (Wildman–Crippen LogP) is 2.31. The molecule has 0 unspecified atom stereocenters. The highest BCUT2D eigenvalue weighted by Gasteiger charge is 2.14. The van der Waals surface area contributed by atoms with Gasteiger partial charge in [0.05, 0.1) is 5.69 Å². The second-order valence-corrected chi connectivity index (χ2v) is 5.11. The Kier molecular flexibility index (Phi) is 3.99. The lowest BCUT2D eigenvalue weighted by molar-refractivity contribution is 0.523. The summed E-state index contributed by atoms with van der Waals surface area (Å²) >= 11 is 0. The number of hydrogen-bond acceptors (Lipinski definition) is 5. The SMILES string of the molecule is CN(C)c1ccc(-c2cc(N(C)C)c(C#N)c(=O)o2)cc1. The summed E-state index contributed by atoms with van der Waals surface area (Å²) in [7, 11) is 7.49. The molecular formula is C16H17N3O2. The van der Waals surface area contributed by atoms with E-state index < -0.39 is 5.63 Å². The maximum absolute atomic E-state index is 11.9. The molecule has 2 aromatic rings. The molecule has 0 N–H and O–H groups in total. The van der Waals surface area contributed by atoms with E-state index in [1.165, 1.54) is 0 Å². The molecule has 0 aliphatic rings. The van der Waals surface area contributed by atoms with E-state index in [9.17, 15) is 4.79 Å². The molecule has 2 rings (SSSR count). The molecule has 0 amide bonds. The minimum Gasteiger partial charge on any atom is -0.422 e. The van der Waals surface area contributed by atoms with Crippen molar-refractivity contribution in [3.63, 3.8) is 0 Å². The summed E-state index contributed by atoms with van der Waals surface area (Å²) in [6, 6.07) is 11.3. The maximum Gasteiger partial charge on any atom is 0.356 e. The van der Waals surface area contributed by atoms with Gasteiger partial charge in [0, 0.05) is 45.5 Å².